The molecule has 1 aromatic carbocycles. The number of carbonyl (C=O) groups excluding carboxylic acids is 2. The van der Waals surface area contributed by atoms with Crippen molar-refractivity contribution in [2.45, 2.75) is 13.0 Å². The zero-order chi connectivity index (χ0) is 11.0. The lowest BCUT2D eigenvalue weighted by Crippen LogP contribution is -2.27. The summed E-state index contributed by atoms with van der Waals surface area (Å²) in [4.78, 5) is 24.3. The third kappa shape index (κ3) is 1.35. The summed E-state index contributed by atoms with van der Waals surface area (Å²) in [5.41, 5.74) is 1.68. The molecule has 1 aromatic rings. The molecule has 0 fully saturated rings. The average molecular weight is 203 g/mol. The minimum Gasteiger partial charge on any atom is -0.334 e. The van der Waals surface area contributed by atoms with E-state index in [1.165, 1.54) is 0 Å². The molecule has 1 heterocycles. The monoisotopic (exact) mass is 203 g/mol. The summed E-state index contributed by atoms with van der Waals surface area (Å²) in [5, 5.41) is 0. The van der Waals surface area contributed by atoms with Crippen molar-refractivity contribution in [3.63, 3.8) is 0 Å². The molecule has 2 atom stereocenters. The number of hydrogen-bond acceptors (Lipinski definition) is 2. The van der Waals surface area contributed by atoms with Gasteiger partial charge in [0.1, 0.15) is 6.29 Å². The first-order valence-electron chi connectivity index (χ1n) is 4.98. The van der Waals surface area contributed by atoms with E-state index in [4.69, 9.17) is 0 Å². The number of hydrogen-bond donors (Lipinski definition) is 0. The van der Waals surface area contributed by atoms with Crippen LogP contribution in [0.15, 0.2) is 24.3 Å². The molecule has 15 heavy (non-hydrogen) atoms. The molecular weight excluding hydrogens is 190 g/mol. The Morgan fingerprint density at radius 1 is 1.40 bits per heavy atom. The van der Waals surface area contributed by atoms with Crippen LogP contribution in [0.5, 0.6) is 0 Å². The van der Waals surface area contributed by atoms with Crippen LogP contribution in [-0.4, -0.2) is 24.1 Å². The molecule has 0 saturated carbocycles. The maximum atomic E-state index is 11.8. The quantitative estimate of drug-likeness (QED) is 0.685. The normalized spacial score (nSPS) is 21.3. The van der Waals surface area contributed by atoms with Gasteiger partial charge in [-0.1, -0.05) is 25.1 Å². The Bertz CT molecular complexity index is 414. The number of nitrogens with zero attached hydrogens (tertiary/aromatic N) is 1. The Morgan fingerprint density at radius 3 is 2.73 bits per heavy atom. The van der Waals surface area contributed by atoms with Gasteiger partial charge in [0, 0.05) is 18.5 Å². The van der Waals surface area contributed by atoms with Crippen molar-refractivity contribution in [3.05, 3.63) is 35.4 Å². The van der Waals surface area contributed by atoms with Crippen molar-refractivity contribution >= 4 is 12.2 Å². The molecule has 2 rings (SSSR count). The Kier molecular flexibility index (Phi) is 2.31. The smallest absolute Gasteiger partial charge is 0.254 e. The van der Waals surface area contributed by atoms with Gasteiger partial charge in [-0.3, -0.25) is 4.79 Å². The molecular formula is C12H13NO2. The molecule has 0 N–H and O–H groups in total. The van der Waals surface area contributed by atoms with Crippen molar-refractivity contribution in [1.29, 1.82) is 0 Å². The molecule has 0 radical (unpaired) electrons. The van der Waals surface area contributed by atoms with Gasteiger partial charge in [0.15, 0.2) is 0 Å². The van der Waals surface area contributed by atoms with E-state index < -0.39 is 0 Å². The summed E-state index contributed by atoms with van der Waals surface area (Å²) in [6.45, 7) is 1.84. The van der Waals surface area contributed by atoms with Crippen LogP contribution in [0, 0.1) is 5.92 Å². The van der Waals surface area contributed by atoms with Gasteiger partial charge in [0.25, 0.3) is 5.91 Å². The van der Waals surface area contributed by atoms with E-state index in [9.17, 15) is 9.59 Å². The third-order valence-corrected chi connectivity index (χ3v) is 2.96. The van der Waals surface area contributed by atoms with Gasteiger partial charge < -0.3 is 9.69 Å². The highest BCUT2D eigenvalue weighted by Gasteiger charge is 2.36. The van der Waals surface area contributed by atoms with Crippen LogP contribution in [0.2, 0.25) is 0 Å². The van der Waals surface area contributed by atoms with Gasteiger partial charge in [0.2, 0.25) is 0 Å². The number of benzene rings is 1. The van der Waals surface area contributed by atoms with Gasteiger partial charge in [-0.05, 0) is 11.6 Å². The van der Waals surface area contributed by atoms with Crippen LogP contribution in [0.3, 0.4) is 0 Å². The largest absolute Gasteiger partial charge is 0.334 e. The van der Waals surface area contributed by atoms with Gasteiger partial charge in [-0.15, -0.1) is 0 Å². The molecule has 0 aromatic heterocycles. The van der Waals surface area contributed by atoms with Crippen molar-refractivity contribution in [3.8, 4) is 0 Å². The molecule has 2 unspecified atom stereocenters. The second-order valence-electron chi connectivity index (χ2n) is 3.94. The van der Waals surface area contributed by atoms with Crippen molar-refractivity contribution < 1.29 is 9.59 Å². The summed E-state index contributed by atoms with van der Waals surface area (Å²) in [6, 6.07) is 7.37. The fraction of sp³-hybridized carbons (Fsp3) is 0.333. The maximum absolute atomic E-state index is 11.8. The number of aldehydes is 1. The third-order valence-electron chi connectivity index (χ3n) is 2.96. The summed E-state index contributed by atoms with van der Waals surface area (Å²) in [6.07, 6.45) is 0.899. The zero-order valence-electron chi connectivity index (χ0n) is 8.81. The van der Waals surface area contributed by atoms with Crippen molar-refractivity contribution in [2.75, 3.05) is 7.05 Å². The lowest BCUT2D eigenvalue weighted by atomic mass is 9.95. The zero-order valence-corrected chi connectivity index (χ0v) is 8.81. The summed E-state index contributed by atoms with van der Waals surface area (Å²) < 4.78 is 0. The molecule has 78 valence electrons. The first-order valence-corrected chi connectivity index (χ1v) is 4.98. The van der Waals surface area contributed by atoms with Gasteiger partial charge in [-0.2, -0.15) is 0 Å². The molecule has 0 aliphatic carbocycles. The average Bonchev–Trinajstić information content (AvgIpc) is 2.52. The van der Waals surface area contributed by atoms with Crippen LogP contribution >= 0.6 is 0 Å². The first-order chi connectivity index (χ1) is 7.16. The molecule has 3 nitrogen and oxygen atoms in total. The highest BCUT2D eigenvalue weighted by Crippen LogP contribution is 2.36. The van der Waals surface area contributed by atoms with Crippen LogP contribution < -0.4 is 0 Å². The summed E-state index contributed by atoms with van der Waals surface area (Å²) >= 11 is 0. The maximum Gasteiger partial charge on any atom is 0.254 e. The Hall–Kier alpha value is -1.64. The Balaban J connectivity index is 2.51. The van der Waals surface area contributed by atoms with Gasteiger partial charge in [0.05, 0.1) is 6.04 Å². The number of amides is 1. The van der Waals surface area contributed by atoms with Crippen LogP contribution in [-0.2, 0) is 4.79 Å². The van der Waals surface area contributed by atoms with E-state index in [0.29, 0.717) is 0 Å². The fourth-order valence-electron chi connectivity index (χ4n) is 2.18. The van der Waals surface area contributed by atoms with E-state index in [1.54, 1.807) is 11.9 Å². The second-order valence-corrected chi connectivity index (χ2v) is 3.94. The second kappa shape index (κ2) is 3.50. The summed E-state index contributed by atoms with van der Waals surface area (Å²) in [5.74, 6) is -0.160. The van der Waals surface area contributed by atoms with E-state index >= 15 is 0 Å². The van der Waals surface area contributed by atoms with E-state index in [2.05, 4.69) is 0 Å². The van der Waals surface area contributed by atoms with Gasteiger partial charge >= 0.3 is 0 Å². The lowest BCUT2D eigenvalue weighted by molar-refractivity contribution is -0.112. The highest BCUT2D eigenvalue weighted by molar-refractivity contribution is 5.99. The molecule has 0 saturated heterocycles. The predicted molar refractivity (Wildman–Crippen MR) is 56.5 cm³/mol. The minimum absolute atomic E-state index is 0.00398. The number of rotatable bonds is 2. The van der Waals surface area contributed by atoms with E-state index in [1.807, 2.05) is 31.2 Å². The van der Waals surface area contributed by atoms with Crippen LogP contribution in [0.25, 0.3) is 0 Å². The molecule has 0 bridgehead atoms. The first kappa shape index (κ1) is 9.90. The minimum atomic E-state index is -0.164. The fourth-order valence-corrected chi connectivity index (χ4v) is 2.18. The molecule has 1 amide bonds. The predicted octanol–water partition coefficient (Wildman–Crippen LogP) is 1.65. The topological polar surface area (TPSA) is 37.4 Å². The Morgan fingerprint density at radius 2 is 2.07 bits per heavy atom. The van der Waals surface area contributed by atoms with E-state index in [0.717, 1.165) is 17.4 Å². The standard InChI is InChI=1S/C12H13NO2/c1-8(7-14)11-9-5-3-4-6-10(9)12(15)13(11)2/h3-8,11H,1-2H3. The van der Waals surface area contributed by atoms with Gasteiger partial charge in [-0.25, -0.2) is 0 Å². The van der Waals surface area contributed by atoms with E-state index in [-0.39, 0.29) is 17.9 Å². The Labute approximate surface area is 88.7 Å². The van der Waals surface area contributed by atoms with Crippen LogP contribution in [0.1, 0.15) is 28.9 Å². The highest BCUT2D eigenvalue weighted by atomic mass is 16.2. The van der Waals surface area contributed by atoms with Crippen molar-refractivity contribution in [1.82, 2.24) is 4.90 Å². The molecule has 1 aliphatic rings. The number of carbonyl (C=O) groups is 2. The van der Waals surface area contributed by atoms with Crippen molar-refractivity contribution in [2.24, 2.45) is 5.92 Å². The lowest BCUT2D eigenvalue weighted by Gasteiger charge is -2.23. The van der Waals surface area contributed by atoms with Crippen LogP contribution in [0.4, 0.5) is 0 Å². The molecule has 1 aliphatic heterocycles. The molecule has 3 heteroatoms. The molecule has 0 spiro atoms. The SMILES string of the molecule is CC(C=O)C1c2ccccc2C(=O)N1C. The summed E-state index contributed by atoms with van der Waals surface area (Å²) in [7, 11) is 1.74. The number of fused-ring (bicyclic) bond motifs is 1.